The second kappa shape index (κ2) is 4.35. The van der Waals surface area contributed by atoms with Crippen molar-refractivity contribution in [3.8, 4) is 0 Å². The Morgan fingerprint density at radius 2 is 1.96 bits per heavy atom. The van der Waals surface area contributed by atoms with Gasteiger partial charge in [-0.05, 0) is 32.4 Å². The number of pyridine rings is 1. The Kier molecular flexibility index (Phi) is 2.70. The third kappa shape index (κ3) is 1.84. The van der Waals surface area contributed by atoms with E-state index in [-0.39, 0.29) is 40.4 Å². The molecule has 0 N–H and O–H groups in total. The van der Waals surface area contributed by atoms with Gasteiger partial charge in [0.05, 0.1) is 23.2 Å². The molecule has 2 atom stereocenters. The Bertz CT molecular complexity index is 820. The van der Waals surface area contributed by atoms with Crippen LogP contribution in [0.15, 0.2) is 23.4 Å². The number of carbonyl (C=O) groups excluding carboxylic acids is 3. The molecule has 0 saturated carbocycles. The number of aromatic nitrogens is 1. The molecule has 4 rings (SSSR count). The van der Waals surface area contributed by atoms with E-state index in [1.165, 1.54) is 0 Å². The zero-order valence-electron chi connectivity index (χ0n) is 13.0. The van der Waals surface area contributed by atoms with Crippen molar-refractivity contribution in [3.63, 3.8) is 0 Å². The highest BCUT2D eigenvalue weighted by atomic mass is 16.6. The van der Waals surface area contributed by atoms with Crippen LogP contribution in [0.1, 0.15) is 46.7 Å². The number of hydrogen-bond donors (Lipinski definition) is 0. The first kappa shape index (κ1) is 14.3. The molecule has 3 heterocycles. The molecule has 0 amide bonds. The number of esters is 1. The smallest absolute Gasteiger partial charge is 0.309 e. The van der Waals surface area contributed by atoms with E-state index >= 15 is 0 Å². The van der Waals surface area contributed by atoms with Crippen molar-refractivity contribution in [2.45, 2.75) is 45.0 Å². The molecule has 0 radical (unpaired) electrons. The van der Waals surface area contributed by atoms with Gasteiger partial charge >= 0.3 is 5.97 Å². The summed E-state index contributed by atoms with van der Waals surface area (Å²) in [5.41, 5.74) is 0.753. The number of rotatable bonds is 0. The van der Waals surface area contributed by atoms with Crippen molar-refractivity contribution in [2.24, 2.45) is 0 Å². The fourth-order valence-electron chi connectivity index (χ4n) is 3.61. The highest BCUT2D eigenvalue weighted by Gasteiger charge is 2.54. The molecule has 2 aliphatic heterocycles. The Morgan fingerprint density at radius 1 is 1.22 bits per heavy atom. The predicted molar refractivity (Wildman–Crippen MR) is 78.1 cm³/mol. The quantitative estimate of drug-likeness (QED) is 0.676. The van der Waals surface area contributed by atoms with Crippen molar-refractivity contribution in [1.82, 2.24) is 4.98 Å². The molecule has 1 saturated heterocycles. The van der Waals surface area contributed by atoms with E-state index in [1.807, 2.05) is 6.92 Å². The number of fused-ring (bicyclic) bond motifs is 3. The van der Waals surface area contributed by atoms with Gasteiger partial charge in [-0.1, -0.05) is 0 Å². The van der Waals surface area contributed by atoms with Crippen LogP contribution in [0.25, 0.3) is 0 Å². The van der Waals surface area contributed by atoms with Crippen LogP contribution < -0.4 is 0 Å². The molecule has 3 aliphatic rings. The number of Topliss-reactive ketones (excluding diaryl/α,β-unsaturated/α-hetero) is 2. The van der Waals surface area contributed by atoms with Gasteiger partial charge < -0.3 is 9.47 Å². The minimum atomic E-state index is -0.960. The van der Waals surface area contributed by atoms with E-state index in [0.29, 0.717) is 0 Å². The van der Waals surface area contributed by atoms with Gasteiger partial charge in [0.1, 0.15) is 11.8 Å². The highest BCUT2D eigenvalue weighted by Crippen LogP contribution is 2.44. The minimum absolute atomic E-state index is 0.0839. The number of nitrogens with zero attached hydrogens (tertiary/aromatic N) is 1. The average molecular weight is 313 g/mol. The first-order valence-corrected chi connectivity index (χ1v) is 7.47. The molecule has 118 valence electrons. The van der Waals surface area contributed by atoms with Crippen LogP contribution in [0.3, 0.4) is 0 Å². The normalized spacial score (nSPS) is 28.2. The van der Waals surface area contributed by atoms with Crippen molar-refractivity contribution in [3.05, 3.63) is 40.2 Å². The lowest BCUT2D eigenvalue weighted by atomic mass is 9.74. The molecule has 0 unspecified atom stereocenters. The number of aryl methyl sites for hydroxylation is 1. The van der Waals surface area contributed by atoms with Crippen molar-refractivity contribution in [2.75, 3.05) is 0 Å². The molecule has 0 aromatic carbocycles. The summed E-state index contributed by atoms with van der Waals surface area (Å²) in [4.78, 5) is 41.7. The Labute approximate surface area is 132 Å². The summed E-state index contributed by atoms with van der Waals surface area (Å²) in [6.07, 6.45) is 0.275. The number of hydrogen-bond acceptors (Lipinski definition) is 6. The first-order valence-electron chi connectivity index (χ1n) is 7.47. The van der Waals surface area contributed by atoms with E-state index in [2.05, 4.69) is 4.98 Å². The van der Waals surface area contributed by atoms with Crippen LogP contribution in [0.2, 0.25) is 0 Å². The standard InChI is InChI=1S/C17H15NO5/c1-7-4-8-13(18-6-7)15(21)11-12(14(8)20)17(2,3)23-9-5-10(19)22-16(9)11/h4,6,9,16H,5H2,1-3H3/t9-,16+/m1/s1. The van der Waals surface area contributed by atoms with Gasteiger partial charge in [-0.15, -0.1) is 0 Å². The molecule has 1 aliphatic carbocycles. The minimum Gasteiger partial charge on any atom is -0.454 e. The van der Waals surface area contributed by atoms with Gasteiger partial charge in [0, 0.05) is 11.8 Å². The van der Waals surface area contributed by atoms with Crippen LogP contribution in [0.5, 0.6) is 0 Å². The third-order valence-electron chi connectivity index (χ3n) is 4.52. The highest BCUT2D eigenvalue weighted by molar-refractivity contribution is 6.27. The summed E-state index contributed by atoms with van der Waals surface area (Å²) in [6, 6.07) is 1.66. The van der Waals surface area contributed by atoms with Crippen molar-refractivity contribution >= 4 is 17.5 Å². The van der Waals surface area contributed by atoms with Gasteiger partial charge in [0.2, 0.25) is 5.78 Å². The van der Waals surface area contributed by atoms with Crippen LogP contribution in [0.4, 0.5) is 0 Å². The first-order chi connectivity index (χ1) is 10.8. The molecule has 23 heavy (non-hydrogen) atoms. The molecule has 1 aromatic rings. The van der Waals surface area contributed by atoms with Gasteiger partial charge in [-0.2, -0.15) is 0 Å². The number of carbonyl (C=O) groups is 3. The summed E-state index contributed by atoms with van der Waals surface area (Å²) in [7, 11) is 0. The fraction of sp³-hybridized carbons (Fsp3) is 0.412. The van der Waals surface area contributed by atoms with E-state index in [4.69, 9.17) is 9.47 Å². The second-order valence-corrected chi connectivity index (χ2v) is 6.64. The molecule has 6 heteroatoms. The van der Waals surface area contributed by atoms with E-state index in [9.17, 15) is 14.4 Å². The molecule has 1 aromatic heterocycles. The molecular weight excluding hydrogens is 298 g/mol. The maximum Gasteiger partial charge on any atom is 0.309 e. The van der Waals surface area contributed by atoms with Crippen molar-refractivity contribution < 1.29 is 23.9 Å². The monoisotopic (exact) mass is 313 g/mol. The second-order valence-electron chi connectivity index (χ2n) is 6.64. The van der Waals surface area contributed by atoms with Crippen LogP contribution in [0, 0.1) is 6.92 Å². The molecule has 6 nitrogen and oxygen atoms in total. The maximum absolute atomic E-state index is 13.0. The summed E-state index contributed by atoms with van der Waals surface area (Å²) < 4.78 is 11.2. The Hall–Kier alpha value is -2.34. The van der Waals surface area contributed by atoms with E-state index < -0.39 is 23.8 Å². The molecular formula is C17H15NO5. The lowest BCUT2D eigenvalue weighted by molar-refractivity contribution is -0.141. The van der Waals surface area contributed by atoms with E-state index in [1.54, 1.807) is 26.1 Å². The topological polar surface area (TPSA) is 82.6 Å². The Balaban J connectivity index is 1.97. The molecule has 1 fully saturated rings. The Morgan fingerprint density at radius 3 is 2.70 bits per heavy atom. The number of ether oxygens (including phenoxy) is 2. The summed E-state index contributed by atoms with van der Waals surface area (Å²) in [5, 5.41) is 0. The van der Waals surface area contributed by atoms with Crippen LogP contribution in [-0.4, -0.2) is 40.3 Å². The lowest BCUT2D eigenvalue weighted by Gasteiger charge is -2.41. The molecule has 0 bridgehead atoms. The molecule has 0 spiro atoms. The van der Waals surface area contributed by atoms with Gasteiger partial charge in [0.25, 0.3) is 0 Å². The van der Waals surface area contributed by atoms with E-state index in [0.717, 1.165) is 5.56 Å². The lowest BCUT2D eigenvalue weighted by Crippen LogP contribution is -2.50. The SMILES string of the molecule is Cc1cnc2c(c1)C(=O)C1=C(C2=O)[C@H]2OC(=O)C[C@H]2OC1(C)C. The zero-order valence-corrected chi connectivity index (χ0v) is 13.0. The van der Waals surface area contributed by atoms with Crippen molar-refractivity contribution in [1.29, 1.82) is 0 Å². The van der Waals surface area contributed by atoms with Gasteiger partial charge in [-0.3, -0.25) is 19.4 Å². The summed E-state index contributed by atoms with van der Waals surface area (Å²) in [6.45, 7) is 5.29. The van der Waals surface area contributed by atoms with Gasteiger partial charge in [-0.25, -0.2) is 0 Å². The maximum atomic E-state index is 13.0. The van der Waals surface area contributed by atoms with Gasteiger partial charge in [0.15, 0.2) is 11.9 Å². The predicted octanol–water partition coefficient (Wildman–Crippen LogP) is 1.56. The zero-order chi connectivity index (χ0) is 16.5. The fourth-order valence-corrected chi connectivity index (χ4v) is 3.61. The third-order valence-corrected chi connectivity index (χ3v) is 4.52. The largest absolute Gasteiger partial charge is 0.454 e. The summed E-state index contributed by atoms with van der Waals surface area (Å²) in [5.74, 6) is -1.06. The van der Waals surface area contributed by atoms with Crippen LogP contribution >= 0.6 is 0 Å². The average Bonchev–Trinajstić information content (AvgIpc) is 2.82. The summed E-state index contributed by atoms with van der Waals surface area (Å²) >= 11 is 0. The van der Waals surface area contributed by atoms with Crippen LogP contribution in [-0.2, 0) is 14.3 Å². The number of ketones is 2.